The van der Waals surface area contributed by atoms with Crippen LogP contribution < -0.4 is 0 Å². The highest BCUT2D eigenvalue weighted by Crippen LogP contribution is 2.21. The van der Waals surface area contributed by atoms with Crippen LogP contribution in [-0.4, -0.2) is 47.3 Å². The van der Waals surface area contributed by atoms with Crippen LogP contribution in [0.1, 0.15) is 58.4 Å². The zero-order valence-electron chi connectivity index (χ0n) is 17.1. The van der Waals surface area contributed by atoms with Crippen LogP contribution in [0.2, 0.25) is 0 Å². The van der Waals surface area contributed by atoms with Crippen LogP contribution in [0.5, 0.6) is 0 Å². The first-order chi connectivity index (χ1) is 13.0. The average molecular weight is 371 g/mol. The van der Waals surface area contributed by atoms with Crippen molar-refractivity contribution in [3.05, 3.63) is 42.0 Å². The average Bonchev–Trinajstić information content (AvgIpc) is 2.69. The minimum absolute atomic E-state index is 0.0356. The van der Waals surface area contributed by atoms with E-state index in [0.29, 0.717) is 13.1 Å². The fraction of sp³-hybridized carbons (Fsp3) is 0.565. The Hall–Kier alpha value is -2.10. The molecular weight excluding hydrogens is 336 g/mol. The lowest BCUT2D eigenvalue weighted by Crippen LogP contribution is -2.46. The van der Waals surface area contributed by atoms with E-state index in [2.05, 4.69) is 20.8 Å². The van der Waals surface area contributed by atoms with E-state index in [0.717, 1.165) is 44.2 Å². The highest BCUT2D eigenvalue weighted by Gasteiger charge is 2.30. The zero-order chi connectivity index (χ0) is 19.6. The summed E-state index contributed by atoms with van der Waals surface area (Å²) in [5.41, 5.74) is 1.02. The summed E-state index contributed by atoms with van der Waals surface area (Å²) in [6.07, 6.45) is 8.42. The number of carbonyl (C=O) groups excluding carboxylic acids is 2. The Labute approximate surface area is 164 Å². The van der Waals surface area contributed by atoms with Crippen molar-refractivity contribution in [3.8, 4) is 0 Å². The van der Waals surface area contributed by atoms with Gasteiger partial charge in [0.1, 0.15) is 0 Å². The summed E-state index contributed by atoms with van der Waals surface area (Å²) in [5, 5.41) is 0. The van der Waals surface area contributed by atoms with Crippen molar-refractivity contribution in [1.82, 2.24) is 9.80 Å². The number of hydrogen-bond donors (Lipinski definition) is 0. The molecule has 27 heavy (non-hydrogen) atoms. The Kier molecular flexibility index (Phi) is 8.56. The Morgan fingerprint density at radius 3 is 2.41 bits per heavy atom. The summed E-state index contributed by atoms with van der Waals surface area (Å²) in [4.78, 5) is 29.2. The van der Waals surface area contributed by atoms with Gasteiger partial charge in [0.05, 0.1) is 0 Å². The topological polar surface area (TPSA) is 40.6 Å². The normalized spacial score (nSPS) is 15.5. The predicted molar refractivity (Wildman–Crippen MR) is 111 cm³/mol. The SMILES string of the molecule is CCCCCN(C(=O)C1CCN(C(=O)/C=C/c2ccccc2)CC1)C(C)C. The lowest BCUT2D eigenvalue weighted by atomic mass is 9.94. The van der Waals surface area contributed by atoms with Gasteiger partial charge in [0, 0.05) is 37.7 Å². The molecule has 148 valence electrons. The van der Waals surface area contributed by atoms with E-state index in [1.54, 1.807) is 6.08 Å². The zero-order valence-corrected chi connectivity index (χ0v) is 17.1. The molecule has 0 aliphatic carbocycles. The minimum Gasteiger partial charge on any atom is -0.340 e. The molecule has 1 fully saturated rings. The van der Waals surface area contributed by atoms with Crippen molar-refractivity contribution >= 4 is 17.9 Å². The monoisotopic (exact) mass is 370 g/mol. The van der Waals surface area contributed by atoms with Crippen molar-refractivity contribution in [1.29, 1.82) is 0 Å². The predicted octanol–water partition coefficient (Wildman–Crippen LogP) is 4.37. The molecule has 0 unspecified atom stereocenters. The fourth-order valence-corrected chi connectivity index (χ4v) is 3.57. The summed E-state index contributed by atoms with van der Waals surface area (Å²) < 4.78 is 0. The molecular formula is C23H34N2O2. The van der Waals surface area contributed by atoms with Crippen molar-refractivity contribution < 1.29 is 9.59 Å². The number of rotatable bonds is 8. The molecule has 0 N–H and O–H groups in total. The standard InChI is InChI=1S/C23H34N2O2/c1-4-5-9-16-25(19(2)3)23(27)21-14-17-24(18-15-21)22(26)13-12-20-10-7-6-8-11-20/h6-8,10-13,19,21H,4-5,9,14-18H2,1-3H3/b13-12+. The van der Waals surface area contributed by atoms with E-state index < -0.39 is 0 Å². The smallest absolute Gasteiger partial charge is 0.246 e. The van der Waals surface area contributed by atoms with Crippen LogP contribution in [0.3, 0.4) is 0 Å². The van der Waals surface area contributed by atoms with Gasteiger partial charge < -0.3 is 9.80 Å². The summed E-state index contributed by atoms with van der Waals surface area (Å²) in [6, 6.07) is 10.1. The highest BCUT2D eigenvalue weighted by atomic mass is 16.2. The number of hydrogen-bond acceptors (Lipinski definition) is 2. The van der Waals surface area contributed by atoms with Crippen LogP contribution in [0.25, 0.3) is 6.08 Å². The van der Waals surface area contributed by atoms with Crippen LogP contribution >= 0.6 is 0 Å². The largest absolute Gasteiger partial charge is 0.340 e. The van der Waals surface area contributed by atoms with Crippen LogP contribution in [0, 0.1) is 5.92 Å². The molecule has 4 nitrogen and oxygen atoms in total. The van der Waals surface area contributed by atoms with Gasteiger partial charge in [-0.25, -0.2) is 0 Å². The Bertz CT molecular complexity index is 617. The first-order valence-corrected chi connectivity index (χ1v) is 10.4. The van der Waals surface area contributed by atoms with Crippen molar-refractivity contribution in [3.63, 3.8) is 0 Å². The van der Waals surface area contributed by atoms with Gasteiger partial charge in [-0.3, -0.25) is 9.59 Å². The second kappa shape index (κ2) is 10.9. The second-order valence-corrected chi connectivity index (χ2v) is 7.68. The molecule has 0 saturated carbocycles. The third-order valence-electron chi connectivity index (χ3n) is 5.28. The number of likely N-dealkylation sites (tertiary alicyclic amines) is 1. The van der Waals surface area contributed by atoms with Crippen LogP contribution in [0.15, 0.2) is 36.4 Å². The highest BCUT2D eigenvalue weighted by molar-refractivity contribution is 5.92. The number of amides is 2. The molecule has 1 aliphatic heterocycles. The summed E-state index contributed by atoms with van der Waals surface area (Å²) in [7, 11) is 0. The maximum atomic E-state index is 12.9. The van der Waals surface area contributed by atoms with Crippen molar-refractivity contribution in [2.75, 3.05) is 19.6 Å². The molecule has 1 aromatic carbocycles. The molecule has 4 heteroatoms. The van der Waals surface area contributed by atoms with Crippen molar-refractivity contribution in [2.24, 2.45) is 5.92 Å². The fourth-order valence-electron chi connectivity index (χ4n) is 3.57. The van der Waals surface area contributed by atoms with E-state index in [4.69, 9.17) is 0 Å². The molecule has 1 heterocycles. The van der Waals surface area contributed by atoms with Gasteiger partial charge in [-0.2, -0.15) is 0 Å². The second-order valence-electron chi connectivity index (χ2n) is 7.68. The Balaban J connectivity index is 1.85. The van der Waals surface area contributed by atoms with E-state index in [1.807, 2.05) is 46.2 Å². The molecule has 2 amide bonds. The summed E-state index contributed by atoms with van der Waals surface area (Å²) >= 11 is 0. The third-order valence-corrected chi connectivity index (χ3v) is 5.28. The van der Waals surface area contributed by atoms with Gasteiger partial charge in [-0.05, 0) is 44.7 Å². The first-order valence-electron chi connectivity index (χ1n) is 10.4. The lowest BCUT2D eigenvalue weighted by molar-refractivity contribution is -0.141. The molecule has 0 radical (unpaired) electrons. The van der Waals surface area contributed by atoms with Gasteiger partial charge in [0.15, 0.2) is 0 Å². The molecule has 1 aliphatic rings. The summed E-state index contributed by atoms with van der Waals surface area (Å²) in [5.74, 6) is 0.359. The van der Waals surface area contributed by atoms with E-state index in [9.17, 15) is 9.59 Å². The first kappa shape index (κ1) is 21.2. The van der Waals surface area contributed by atoms with E-state index in [1.165, 1.54) is 0 Å². The van der Waals surface area contributed by atoms with Crippen LogP contribution in [-0.2, 0) is 9.59 Å². The Morgan fingerprint density at radius 2 is 1.81 bits per heavy atom. The number of carbonyl (C=O) groups is 2. The molecule has 2 rings (SSSR count). The summed E-state index contributed by atoms with van der Waals surface area (Å²) in [6.45, 7) is 8.54. The van der Waals surface area contributed by atoms with Gasteiger partial charge in [0.25, 0.3) is 0 Å². The molecule has 0 atom stereocenters. The van der Waals surface area contributed by atoms with Crippen LogP contribution in [0.4, 0.5) is 0 Å². The van der Waals surface area contributed by atoms with Crippen molar-refractivity contribution in [2.45, 2.75) is 58.9 Å². The maximum absolute atomic E-state index is 12.9. The van der Waals surface area contributed by atoms with E-state index >= 15 is 0 Å². The molecule has 1 saturated heterocycles. The molecule has 1 aromatic rings. The lowest BCUT2D eigenvalue weighted by Gasteiger charge is -2.35. The van der Waals surface area contributed by atoms with Gasteiger partial charge in [-0.15, -0.1) is 0 Å². The van der Waals surface area contributed by atoms with Gasteiger partial charge in [-0.1, -0.05) is 50.1 Å². The Morgan fingerprint density at radius 1 is 1.15 bits per heavy atom. The van der Waals surface area contributed by atoms with Gasteiger partial charge >= 0.3 is 0 Å². The minimum atomic E-state index is 0.0356. The van der Waals surface area contributed by atoms with E-state index in [-0.39, 0.29) is 23.8 Å². The number of nitrogens with zero attached hydrogens (tertiary/aromatic N) is 2. The molecule has 0 aromatic heterocycles. The number of piperidine rings is 1. The van der Waals surface area contributed by atoms with Gasteiger partial charge in [0.2, 0.25) is 11.8 Å². The third kappa shape index (κ3) is 6.53. The number of benzene rings is 1. The number of unbranched alkanes of at least 4 members (excludes halogenated alkanes) is 2. The maximum Gasteiger partial charge on any atom is 0.246 e. The molecule has 0 spiro atoms. The quantitative estimate of drug-likeness (QED) is 0.504. The molecule has 0 bridgehead atoms.